The number of rotatable bonds is 4. The molecule has 0 atom stereocenters. The molecule has 2 aromatic rings. The van der Waals surface area contributed by atoms with E-state index < -0.39 is 16.1 Å². The molecule has 0 aromatic carbocycles. The fourth-order valence-corrected chi connectivity index (χ4v) is 3.53. The van der Waals surface area contributed by atoms with Crippen molar-refractivity contribution in [1.29, 1.82) is 0 Å². The Morgan fingerprint density at radius 1 is 1.40 bits per heavy atom. The number of hydrogen-bond acceptors (Lipinski definition) is 6. The molecule has 1 amide bonds. The van der Waals surface area contributed by atoms with Gasteiger partial charge in [-0.25, -0.2) is 18.2 Å². The predicted molar refractivity (Wildman–Crippen MR) is 74.3 cm³/mol. The number of pyridine rings is 1. The second kappa shape index (κ2) is 5.47. The van der Waals surface area contributed by atoms with Crippen molar-refractivity contribution in [3.63, 3.8) is 0 Å². The molecule has 9 heteroatoms. The normalized spacial score (nSPS) is 11.1. The lowest BCUT2D eigenvalue weighted by Crippen LogP contribution is -2.17. The van der Waals surface area contributed by atoms with Gasteiger partial charge in [-0.15, -0.1) is 11.3 Å². The number of carbonyl (C=O) groups excluding carboxylic acids is 1. The molecule has 0 saturated carbocycles. The average Bonchev–Trinajstić information content (AvgIpc) is 2.86. The fourth-order valence-electron chi connectivity index (χ4n) is 1.42. The molecule has 20 heavy (non-hydrogen) atoms. The van der Waals surface area contributed by atoms with Crippen molar-refractivity contribution >= 4 is 33.1 Å². The Morgan fingerprint density at radius 2 is 2.15 bits per heavy atom. The summed E-state index contributed by atoms with van der Waals surface area (Å²) in [7, 11) is -3.63. The van der Waals surface area contributed by atoms with Crippen LogP contribution in [0.3, 0.4) is 0 Å². The maximum Gasteiger partial charge on any atom is 0.411 e. The van der Waals surface area contributed by atoms with Crippen molar-refractivity contribution in [2.75, 3.05) is 4.72 Å². The van der Waals surface area contributed by atoms with Crippen LogP contribution in [0.1, 0.15) is 5.69 Å². The summed E-state index contributed by atoms with van der Waals surface area (Å²) in [5.74, 6) is 0.00840. The molecule has 0 unspecified atom stereocenters. The minimum Gasteiger partial charge on any atom is -0.391 e. The van der Waals surface area contributed by atoms with Crippen LogP contribution in [-0.2, 0) is 10.0 Å². The minimum absolute atomic E-state index is 0.00840. The summed E-state index contributed by atoms with van der Waals surface area (Å²) in [6, 6.07) is 5.95. The van der Waals surface area contributed by atoms with Gasteiger partial charge in [-0.05, 0) is 24.4 Å². The molecule has 0 aliphatic heterocycles. The number of anilines is 1. The number of nitrogens with two attached hydrogens (primary N) is 1. The molecule has 0 saturated heterocycles. The predicted octanol–water partition coefficient (Wildman–Crippen LogP) is 1.71. The van der Waals surface area contributed by atoms with Gasteiger partial charge in [0, 0.05) is 6.07 Å². The third-order valence-electron chi connectivity index (χ3n) is 2.27. The Kier molecular flexibility index (Phi) is 3.91. The Morgan fingerprint density at radius 3 is 2.70 bits per heavy atom. The number of aromatic nitrogens is 1. The first kappa shape index (κ1) is 14.3. The van der Waals surface area contributed by atoms with E-state index in [1.54, 1.807) is 18.4 Å². The Hall–Kier alpha value is -2.13. The van der Waals surface area contributed by atoms with Crippen molar-refractivity contribution in [3.05, 3.63) is 35.3 Å². The number of carbonyl (C=O) groups is 1. The van der Waals surface area contributed by atoms with E-state index in [0.29, 0.717) is 11.4 Å². The van der Waals surface area contributed by atoms with Crippen LogP contribution >= 0.6 is 11.3 Å². The largest absolute Gasteiger partial charge is 0.411 e. The van der Waals surface area contributed by atoms with Crippen LogP contribution in [0.4, 0.5) is 10.5 Å². The lowest BCUT2D eigenvalue weighted by Gasteiger charge is -2.09. The fraction of sp³-hybridized carbons (Fsp3) is 0.0909. The second-order valence-electron chi connectivity index (χ2n) is 3.74. The zero-order valence-corrected chi connectivity index (χ0v) is 12.0. The second-order valence-corrected chi connectivity index (χ2v) is 6.60. The maximum atomic E-state index is 12.0. The van der Waals surface area contributed by atoms with Crippen molar-refractivity contribution in [1.82, 2.24) is 4.98 Å². The molecular weight excluding hydrogens is 302 g/mol. The topological polar surface area (TPSA) is 111 Å². The molecule has 0 aliphatic rings. The molecule has 0 spiro atoms. The summed E-state index contributed by atoms with van der Waals surface area (Å²) < 4.78 is 31.3. The summed E-state index contributed by atoms with van der Waals surface area (Å²) in [4.78, 5) is 14.5. The smallest absolute Gasteiger partial charge is 0.391 e. The number of amides is 1. The Bertz CT molecular complexity index is 726. The van der Waals surface area contributed by atoms with Gasteiger partial charge in [0.2, 0.25) is 5.88 Å². The molecule has 0 bridgehead atoms. The van der Waals surface area contributed by atoms with Gasteiger partial charge in [0.25, 0.3) is 10.0 Å². The number of hydrogen-bond donors (Lipinski definition) is 2. The molecule has 2 aromatic heterocycles. The van der Waals surface area contributed by atoms with Gasteiger partial charge in [-0.2, -0.15) is 0 Å². The third kappa shape index (κ3) is 3.25. The van der Waals surface area contributed by atoms with E-state index in [0.717, 1.165) is 11.3 Å². The molecule has 0 radical (unpaired) electrons. The van der Waals surface area contributed by atoms with Gasteiger partial charge in [0.15, 0.2) is 0 Å². The monoisotopic (exact) mass is 313 g/mol. The summed E-state index contributed by atoms with van der Waals surface area (Å²) >= 11 is 1.11. The number of nitrogens with zero attached hydrogens (tertiary/aromatic N) is 1. The maximum absolute atomic E-state index is 12.0. The van der Waals surface area contributed by atoms with Crippen molar-refractivity contribution in [3.8, 4) is 5.88 Å². The molecule has 2 heterocycles. The first-order chi connectivity index (χ1) is 9.38. The first-order valence-electron chi connectivity index (χ1n) is 5.40. The number of sulfonamides is 1. The highest BCUT2D eigenvalue weighted by molar-refractivity contribution is 7.94. The Balaban J connectivity index is 2.24. The van der Waals surface area contributed by atoms with Crippen LogP contribution < -0.4 is 15.2 Å². The molecule has 0 fully saturated rings. The van der Waals surface area contributed by atoms with E-state index in [-0.39, 0.29) is 10.1 Å². The molecule has 2 rings (SSSR count). The van der Waals surface area contributed by atoms with Crippen molar-refractivity contribution in [2.45, 2.75) is 11.1 Å². The lowest BCUT2D eigenvalue weighted by atomic mass is 10.3. The van der Waals surface area contributed by atoms with E-state index in [1.807, 2.05) is 0 Å². The standard InChI is InChI=1S/C11H11N3O4S2/c1-7-8(4-5-9(13-7)18-11(12)15)14-20(16,17)10-3-2-6-19-10/h2-6,14H,1H3,(H2,12,15). The molecule has 7 nitrogen and oxygen atoms in total. The number of nitrogens with one attached hydrogen (secondary N) is 1. The van der Waals surface area contributed by atoms with E-state index in [4.69, 9.17) is 5.73 Å². The number of primary amides is 1. The van der Waals surface area contributed by atoms with Crippen LogP contribution in [0.5, 0.6) is 5.88 Å². The zero-order chi connectivity index (χ0) is 14.8. The highest BCUT2D eigenvalue weighted by atomic mass is 32.2. The van der Waals surface area contributed by atoms with Gasteiger partial charge >= 0.3 is 6.09 Å². The van der Waals surface area contributed by atoms with Crippen LogP contribution in [0, 0.1) is 6.92 Å². The van der Waals surface area contributed by atoms with Crippen LogP contribution in [0.2, 0.25) is 0 Å². The van der Waals surface area contributed by atoms with Crippen molar-refractivity contribution < 1.29 is 17.9 Å². The van der Waals surface area contributed by atoms with Crippen LogP contribution in [0.15, 0.2) is 33.9 Å². The SMILES string of the molecule is Cc1nc(OC(N)=O)ccc1NS(=O)(=O)c1cccs1. The summed E-state index contributed by atoms with van der Waals surface area (Å²) in [6.45, 7) is 1.58. The van der Waals surface area contributed by atoms with E-state index >= 15 is 0 Å². The van der Waals surface area contributed by atoms with Crippen LogP contribution in [0.25, 0.3) is 0 Å². The van der Waals surface area contributed by atoms with E-state index in [2.05, 4.69) is 14.4 Å². The summed E-state index contributed by atoms with van der Waals surface area (Å²) in [5.41, 5.74) is 5.53. The molecular formula is C11H11N3O4S2. The Labute approximate surface area is 119 Å². The van der Waals surface area contributed by atoms with Gasteiger partial charge in [0.05, 0.1) is 11.4 Å². The number of ether oxygens (including phenoxy) is 1. The summed E-state index contributed by atoms with van der Waals surface area (Å²) in [6.07, 6.45) is -0.983. The molecule has 3 N–H and O–H groups in total. The zero-order valence-electron chi connectivity index (χ0n) is 10.4. The van der Waals surface area contributed by atoms with E-state index in [9.17, 15) is 13.2 Å². The van der Waals surface area contributed by atoms with Gasteiger partial charge in [-0.3, -0.25) is 4.72 Å². The lowest BCUT2D eigenvalue weighted by molar-refractivity contribution is 0.209. The van der Waals surface area contributed by atoms with Gasteiger partial charge in [0.1, 0.15) is 4.21 Å². The molecule has 0 aliphatic carbocycles. The highest BCUT2D eigenvalue weighted by Gasteiger charge is 2.17. The summed E-state index contributed by atoms with van der Waals surface area (Å²) in [5, 5.41) is 1.67. The quantitative estimate of drug-likeness (QED) is 0.892. The first-order valence-corrected chi connectivity index (χ1v) is 7.76. The van der Waals surface area contributed by atoms with E-state index in [1.165, 1.54) is 18.2 Å². The van der Waals surface area contributed by atoms with Crippen molar-refractivity contribution in [2.24, 2.45) is 5.73 Å². The highest BCUT2D eigenvalue weighted by Crippen LogP contribution is 2.23. The number of aryl methyl sites for hydroxylation is 1. The average molecular weight is 313 g/mol. The van der Waals surface area contributed by atoms with Crippen LogP contribution in [-0.4, -0.2) is 19.5 Å². The minimum atomic E-state index is -3.63. The third-order valence-corrected chi connectivity index (χ3v) is 5.03. The van der Waals surface area contributed by atoms with Gasteiger partial charge in [-0.1, -0.05) is 6.07 Å². The van der Waals surface area contributed by atoms with Gasteiger partial charge < -0.3 is 10.5 Å². The number of thiophene rings is 1. The molecule has 106 valence electrons.